The fourth-order valence-electron chi connectivity index (χ4n) is 3.31. The number of aryl methyl sites for hydroxylation is 1. The van der Waals surface area contributed by atoms with E-state index in [9.17, 15) is 18.0 Å². The number of aromatic nitrogens is 4. The highest BCUT2D eigenvalue weighted by atomic mass is 19.4. The largest absolute Gasteiger partial charge is 0.416 e. The Morgan fingerprint density at radius 2 is 2.13 bits per heavy atom. The number of morpholine rings is 1. The molecule has 0 unspecified atom stereocenters. The van der Waals surface area contributed by atoms with E-state index in [0.29, 0.717) is 24.3 Å². The number of carbonyl (C=O) groups is 1. The Morgan fingerprint density at radius 3 is 2.87 bits per heavy atom. The molecule has 1 aromatic carbocycles. The van der Waals surface area contributed by atoms with Gasteiger partial charge in [-0.1, -0.05) is 23.4 Å². The summed E-state index contributed by atoms with van der Waals surface area (Å²) in [4.78, 5) is 18.6. The van der Waals surface area contributed by atoms with E-state index in [2.05, 4.69) is 15.2 Å². The van der Waals surface area contributed by atoms with Crippen LogP contribution >= 0.6 is 0 Å². The Balaban J connectivity index is 1.43. The molecule has 1 atom stereocenters. The molecule has 1 saturated heterocycles. The summed E-state index contributed by atoms with van der Waals surface area (Å²) in [6, 6.07) is 6.64. The first-order chi connectivity index (χ1) is 14.8. The lowest BCUT2D eigenvalue weighted by Gasteiger charge is -2.30. The second kappa shape index (κ2) is 8.50. The Morgan fingerprint density at radius 1 is 1.29 bits per heavy atom. The molecule has 4 rings (SSSR count). The molecule has 1 aliphatic heterocycles. The Hall–Kier alpha value is -3.21. The maximum atomic E-state index is 12.9. The maximum Gasteiger partial charge on any atom is 0.416 e. The smallest absolute Gasteiger partial charge is 0.365 e. The normalized spacial score (nSPS) is 17.2. The van der Waals surface area contributed by atoms with Gasteiger partial charge < -0.3 is 14.2 Å². The molecule has 1 fully saturated rings. The zero-order valence-corrected chi connectivity index (χ0v) is 16.7. The summed E-state index contributed by atoms with van der Waals surface area (Å²) in [6.07, 6.45) is -3.22. The van der Waals surface area contributed by atoms with Crippen LogP contribution in [0.1, 0.15) is 46.4 Å². The van der Waals surface area contributed by atoms with Crippen LogP contribution in [-0.2, 0) is 23.9 Å². The van der Waals surface area contributed by atoms with Crippen LogP contribution in [-0.4, -0.2) is 50.4 Å². The van der Waals surface area contributed by atoms with E-state index in [-0.39, 0.29) is 37.2 Å². The molecule has 11 heteroatoms. The van der Waals surface area contributed by atoms with Gasteiger partial charge in [-0.3, -0.25) is 9.48 Å². The molecule has 0 radical (unpaired) electrons. The molecule has 2 aromatic heterocycles. The van der Waals surface area contributed by atoms with Crippen molar-refractivity contribution in [2.75, 3.05) is 19.7 Å². The quantitative estimate of drug-likeness (QED) is 0.612. The lowest BCUT2D eigenvalue weighted by Crippen LogP contribution is -2.42. The molecule has 0 saturated carbocycles. The van der Waals surface area contributed by atoms with Gasteiger partial charge in [-0.15, -0.1) is 0 Å². The van der Waals surface area contributed by atoms with Crippen LogP contribution in [0.2, 0.25) is 0 Å². The van der Waals surface area contributed by atoms with Crippen molar-refractivity contribution in [2.24, 2.45) is 0 Å². The molecule has 1 aliphatic rings. The fraction of sp³-hybridized carbons (Fsp3) is 0.400. The first-order valence-electron chi connectivity index (χ1n) is 9.76. The predicted octanol–water partition coefficient (Wildman–Crippen LogP) is 3.11. The van der Waals surface area contributed by atoms with Gasteiger partial charge in [0.05, 0.1) is 18.7 Å². The number of hydrogen-bond acceptors (Lipinski definition) is 6. The van der Waals surface area contributed by atoms with Gasteiger partial charge in [0.15, 0.2) is 11.9 Å². The van der Waals surface area contributed by atoms with E-state index < -0.39 is 17.8 Å². The van der Waals surface area contributed by atoms with Gasteiger partial charge in [0.2, 0.25) is 0 Å². The minimum Gasteiger partial charge on any atom is -0.365 e. The number of amides is 1. The van der Waals surface area contributed by atoms with E-state index in [1.165, 1.54) is 6.07 Å². The number of halogens is 3. The second-order valence-electron chi connectivity index (χ2n) is 7.09. The average Bonchev–Trinajstić information content (AvgIpc) is 3.43. The Bertz CT molecular complexity index is 1060. The van der Waals surface area contributed by atoms with Gasteiger partial charge in [0.1, 0.15) is 5.69 Å². The number of nitrogens with zero attached hydrogens (tertiary/aromatic N) is 5. The second-order valence-corrected chi connectivity index (χ2v) is 7.09. The molecular formula is C20H20F3N5O3. The molecule has 3 aromatic rings. The van der Waals surface area contributed by atoms with Gasteiger partial charge in [-0.25, -0.2) is 0 Å². The van der Waals surface area contributed by atoms with E-state index in [0.717, 1.165) is 12.1 Å². The highest BCUT2D eigenvalue weighted by Gasteiger charge is 2.32. The highest BCUT2D eigenvalue weighted by molar-refractivity contribution is 5.92. The zero-order valence-electron chi connectivity index (χ0n) is 16.7. The molecule has 1 amide bonds. The lowest BCUT2D eigenvalue weighted by atomic mass is 10.1. The summed E-state index contributed by atoms with van der Waals surface area (Å²) < 4.78 is 51.3. The maximum absolute atomic E-state index is 12.9. The molecule has 8 nitrogen and oxygen atoms in total. The molecule has 0 spiro atoms. The van der Waals surface area contributed by atoms with Crippen molar-refractivity contribution in [2.45, 2.75) is 32.2 Å². The van der Waals surface area contributed by atoms with Crippen LogP contribution in [0.15, 0.2) is 41.1 Å². The first kappa shape index (κ1) is 21.0. The third-order valence-electron chi connectivity index (χ3n) is 4.91. The monoisotopic (exact) mass is 435 g/mol. The molecular weight excluding hydrogens is 415 g/mol. The average molecular weight is 435 g/mol. The number of hydrogen-bond donors (Lipinski definition) is 0. The number of carbonyl (C=O) groups excluding carboxylic acids is 1. The number of benzene rings is 1. The fourth-order valence-corrected chi connectivity index (χ4v) is 3.31. The minimum atomic E-state index is -4.42. The van der Waals surface area contributed by atoms with Crippen molar-refractivity contribution in [1.82, 2.24) is 24.8 Å². The third kappa shape index (κ3) is 4.76. The van der Waals surface area contributed by atoms with Crippen molar-refractivity contribution in [3.05, 3.63) is 65.1 Å². The molecule has 31 heavy (non-hydrogen) atoms. The number of ether oxygens (including phenoxy) is 1. The third-order valence-corrected chi connectivity index (χ3v) is 4.91. The van der Waals surface area contributed by atoms with Crippen LogP contribution in [0.5, 0.6) is 0 Å². The van der Waals surface area contributed by atoms with Crippen LogP contribution in [0.4, 0.5) is 13.2 Å². The summed E-state index contributed by atoms with van der Waals surface area (Å²) >= 11 is 0. The van der Waals surface area contributed by atoms with E-state index in [4.69, 9.17) is 9.26 Å². The molecule has 0 aliphatic carbocycles. The van der Waals surface area contributed by atoms with Crippen LogP contribution < -0.4 is 0 Å². The summed E-state index contributed by atoms with van der Waals surface area (Å²) in [7, 11) is 0. The molecule has 3 heterocycles. The standard InChI is InChI=1S/C20H20F3N5O3/c1-2-28-7-6-15(25-28)19(29)27-8-9-30-16(12-27)18-24-17(26-31-18)11-13-4-3-5-14(10-13)20(21,22)23/h3-7,10,16H,2,8-9,11-12H2,1H3/t16-/m0/s1. The number of alkyl halides is 3. The van der Waals surface area contributed by atoms with Crippen LogP contribution in [0.3, 0.4) is 0 Å². The summed E-state index contributed by atoms with van der Waals surface area (Å²) in [5.41, 5.74) is 0.0253. The van der Waals surface area contributed by atoms with E-state index in [1.807, 2.05) is 6.92 Å². The minimum absolute atomic E-state index is 0.0806. The Kier molecular flexibility index (Phi) is 5.77. The van der Waals surface area contributed by atoms with Crippen molar-refractivity contribution < 1.29 is 27.2 Å². The summed E-state index contributed by atoms with van der Waals surface area (Å²) in [5.74, 6) is 0.200. The SMILES string of the molecule is CCn1ccc(C(=O)N2CCO[C@H](c3nc(Cc4cccc(C(F)(F)F)c4)no3)C2)n1. The van der Waals surface area contributed by atoms with Gasteiger partial charge >= 0.3 is 6.18 Å². The van der Waals surface area contributed by atoms with Gasteiger partial charge in [-0.05, 0) is 24.6 Å². The topological polar surface area (TPSA) is 86.3 Å². The van der Waals surface area contributed by atoms with Gasteiger partial charge in [-0.2, -0.15) is 23.3 Å². The Labute approximate surface area is 175 Å². The van der Waals surface area contributed by atoms with Gasteiger partial charge in [0.25, 0.3) is 11.8 Å². The van der Waals surface area contributed by atoms with E-state index in [1.54, 1.807) is 27.9 Å². The summed E-state index contributed by atoms with van der Waals surface area (Å²) in [6.45, 7) is 3.49. The highest BCUT2D eigenvalue weighted by Crippen LogP contribution is 2.30. The van der Waals surface area contributed by atoms with E-state index >= 15 is 0 Å². The van der Waals surface area contributed by atoms with Gasteiger partial charge in [0, 0.05) is 25.7 Å². The molecule has 0 N–H and O–H groups in total. The first-order valence-corrected chi connectivity index (χ1v) is 9.76. The lowest BCUT2D eigenvalue weighted by molar-refractivity contribution is -0.137. The molecule has 164 valence electrons. The van der Waals surface area contributed by atoms with Crippen molar-refractivity contribution >= 4 is 5.91 Å². The summed E-state index contributed by atoms with van der Waals surface area (Å²) in [5, 5.41) is 8.08. The van der Waals surface area contributed by atoms with Crippen molar-refractivity contribution in [3.8, 4) is 0 Å². The van der Waals surface area contributed by atoms with Crippen LogP contribution in [0.25, 0.3) is 0 Å². The van der Waals surface area contributed by atoms with Crippen LogP contribution in [0, 0.1) is 0 Å². The van der Waals surface area contributed by atoms with Crippen molar-refractivity contribution in [3.63, 3.8) is 0 Å². The van der Waals surface area contributed by atoms with Crippen molar-refractivity contribution in [1.29, 1.82) is 0 Å². The zero-order chi connectivity index (χ0) is 22.0. The number of rotatable bonds is 5. The predicted molar refractivity (Wildman–Crippen MR) is 101 cm³/mol. The molecule has 0 bridgehead atoms.